The van der Waals surface area contributed by atoms with Crippen molar-refractivity contribution < 1.29 is 9.57 Å². The van der Waals surface area contributed by atoms with Gasteiger partial charge >= 0.3 is 0 Å². The van der Waals surface area contributed by atoms with Crippen LogP contribution >= 0.6 is 0 Å². The highest BCUT2D eigenvalue weighted by molar-refractivity contribution is 5.74. The lowest BCUT2D eigenvalue weighted by atomic mass is 10.0. The summed E-state index contributed by atoms with van der Waals surface area (Å²) in [5.41, 5.74) is 6.25. The standard InChI is InChI=1S/C15H20N2O2/c1-3-12(5-4-10-16-18-2)13-6-8-14(9-7-13)17-15-11-19-15/h3-9,15-17H,10-11H2,1-2H3/b5-4-,12-3+. The van der Waals surface area contributed by atoms with E-state index in [1.807, 2.05) is 13.0 Å². The van der Waals surface area contributed by atoms with Crippen LogP contribution in [-0.2, 0) is 9.57 Å². The third-order valence-electron chi connectivity index (χ3n) is 2.83. The minimum absolute atomic E-state index is 0.201. The van der Waals surface area contributed by atoms with Gasteiger partial charge in [-0.1, -0.05) is 30.4 Å². The molecule has 0 bridgehead atoms. The van der Waals surface area contributed by atoms with Crippen LogP contribution in [-0.4, -0.2) is 26.5 Å². The number of hydrogen-bond acceptors (Lipinski definition) is 4. The summed E-state index contributed by atoms with van der Waals surface area (Å²) in [6, 6.07) is 8.35. The molecule has 2 N–H and O–H groups in total. The van der Waals surface area contributed by atoms with E-state index in [2.05, 4.69) is 47.2 Å². The topological polar surface area (TPSA) is 45.8 Å². The molecule has 1 heterocycles. The monoisotopic (exact) mass is 260 g/mol. The molecule has 1 fully saturated rings. The number of rotatable bonds is 7. The first kappa shape index (κ1) is 13.8. The minimum atomic E-state index is 0.201. The molecular formula is C15H20N2O2. The van der Waals surface area contributed by atoms with Crippen molar-refractivity contribution >= 4 is 11.3 Å². The highest BCUT2D eigenvalue weighted by Crippen LogP contribution is 2.20. The van der Waals surface area contributed by atoms with Crippen LogP contribution in [0.15, 0.2) is 42.5 Å². The Bertz CT molecular complexity index is 448. The first-order chi connectivity index (χ1) is 9.33. The largest absolute Gasteiger partial charge is 0.358 e. The predicted molar refractivity (Wildman–Crippen MR) is 77.6 cm³/mol. The minimum Gasteiger partial charge on any atom is -0.358 e. The number of anilines is 1. The van der Waals surface area contributed by atoms with Crippen molar-refractivity contribution in [3.63, 3.8) is 0 Å². The molecule has 4 heteroatoms. The molecule has 0 radical (unpaired) electrons. The zero-order valence-corrected chi connectivity index (χ0v) is 11.3. The summed E-state index contributed by atoms with van der Waals surface area (Å²) in [7, 11) is 1.61. The molecule has 102 valence electrons. The lowest BCUT2D eigenvalue weighted by molar-refractivity contribution is 0.101. The molecular weight excluding hydrogens is 240 g/mol. The smallest absolute Gasteiger partial charge is 0.151 e. The molecule has 2 rings (SSSR count). The summed E-state index contributed by atoms with van der Waals surface area (Å²) in [5.74, 6) is 0. The quantitative estimate of drug-likeness (QED) is 0.342. The van der Waals surface area contributed by atoms with Gasteiger partial charge in [-0.3, -0.25) is 0 Å². The van der Waals surface area contributed by atoms with Crippen LogP contribution in [0.3, 0.4) is 0 Å². The Balaban J connectivity index is 1.95. The van der Waals surface area contributed by atoms with Crippen molar-refractivity contribution in [3.05, 3.63) is 48.1 Å². The third kappa shape index (κ3) is 4.52. The molecule has 19 heavy (non-hydrogen) atoms. The summed E-state index contributed by atoms with van der Waals surface area (Å²) in [5, 5.41) is 3.27. The van der Waals surface area contributed by atoms with Gasteiger partial charge in [0.15, 0.2) is 6.23 Å². The van der Waals surface area contributed by atoms with Gasteiger partial charge in [-0.2, -0.15) is 5.48 Å². The van der Waals surface area contributed by atoms with E-state index in [0.29, 0.717) is 6.54 Å². The van der Waals surface area contributed by atoms with Crippen molar-refractivity contribution in [2.75, 3.05) is 25.6 Å². The Hall–Kier alpha value is -1.62. The maximum absolute atomic E-state index is 5.13. The van der Waals surface area contributed by atoms with Crippen molar-refractivity contribution in [2.45, 2.75) is 13.2 Å². The zero-order valence-electron chi connectivity index (χ0n) is 11.3. The second-order valence-corrected chi connectivity index (χ2v) is 4.24. The maximum Gasteiger partial charge on any atom is 0.151 e. The van der Waals surface area contributed by atoms with E-state index in [4.69, 9.17) is 9.57 Å². The third-order valence-corrected chi connectivity index (χ3v) is 2.83. The van der Waals surface area contributed by atoms with Gasteiger partial charge < -0.3 is 14.9 Å². The molecule has 0 amide bonds. The molecule has 0 saturated carbocycles. The SMILES string of the molecule is C/C=C(\C=C/CNOC)c1ccc(NC2CO2)cc1. The highest BCUT2D eigenvalue weighted by atomic mass is 16.6. The van der Waals surface area contributed by atoms with Gasteiger partial charge in [-0.05, 0) is 30.2 Å². The van der Waals surface area contributed by atoms with Crippen LogP contribution in [0.1, 0.15) is 12.5 Å². The summed E-state index contributed by atoms with van der Waals surface area (Å²) in [4.78, 5) is 4.78. The van der Waals surface area contributed by atoms with Crippen LogP contribution < -0.4 is 10.8 Å². The number of hydrogen-bond donors (Lipinski definition) is 2. The summed E-state index contributed by atoms with van der Waals surface area (Å²) in [6.07, 6.45) is 6.41. The molecule has 1 aromatic carbocycles. The first-order valence-electron chi connectivity index (χ1n) is 6.40. The number of ether oxygens (including phenoxy) is 1. The van der Waals surface area contributed by atoms with E-state index in [1.165, 1.54) is 11.1 Å². The van der Waals surface area contributed by atoms with Gasteiger partial charge in [0, 0.05) is 12.2 Å². The Morgan fingerprint density at radius 2 is 2.16 bits per heavy atom. The highest BCUT2D eigenvalue weighted by Gasteiger charge is 2.21. The molecule has 1 aliphatic heterocycles. The lowest BCUT2D eigenvalue weighted by Crippen LogP contribution is -2.10. The molecule has 1 aromatic rings. The number of nitrogens with one attached hydrogen (secondary N) is 2. The molecule has 1 atom stereocenters. The van der Waals surface area contributed by atoms with Crippen LogP contribution in [0, 0.1) is 0 Å². The van der Waals surface area contributed by atoms with E-state index >= 15 is 0 Å². The normalized spacial score (nSPS) is 18.8. The molecule has 4 nitrogen and oxygen atoms in total. The Kier molecular flexibility index (Phi) is 5.15. The first-order valence-corrected chi connectivity index (χ1v) is 6.40. The molecule has 0 aliphatic carbocycles. The van der Waals surface area contributed by atoms with Crippen LogP contribution in [0.25, 0.3) is 5.57 Å². The molecule has 1 unspecified atom stereocenters. The van der Waals surface area contributed by atoms with Crippen molar-refractivity contribution in [3.8, 4) is 0 Å². The average Bonchev–Trinajstić information content (AvgIpc) is 3.24. The van der Waals surface area contributed by atoms with Gasteiger partial charge in [-0.25, -0.2) is 0 Å². The van der Waals surface area contributed by atoms with Gasteiger partial charge in [0.05, 0.1) is 13.7 Å². The van der Waals surface area contributed by atoms with Crippen molar-refractivity contribution in [2.24, 2.45) is 0 Å². The van der Waals surface area contributed by atoms with E-state index in [-0.39, 0.29) is 6.23 Å². The molecule has 0 spiro atoms. The predicted octanol–water partition coefficient (Wildman–Crippen LogP) is 2.57. The lowest BCUT2D eigenvalue weighted by Gasteiger charge is -2.06. The fraction of sp³-hybridized carbons (Fsp3) is 0.333. The number of epoxide rings is 1. The van der Waals surface area contributed by atoms with E-state index in [1.54, 1.807) is 7.11 Å². The second kappa shape index (κ2) is 7.09. The summed E-state index contributed by atoms with van der Waals surface area (Å²) >= 11 is 0. The van der Waals surface area contributed by atoms with Gasteiger partial charge in [0.1, 0.15) is 0 Å². The molecule has 1 saturated heterocycles. The van der Waals surface area contributed by atoms with E-state index < -0.39 is 0 Å². The van der Waals surface area contributed by atoms with E-state index in [0.717, 1.165) is 12.3 Å². The fourth-order valence-corrected chi connectivity index (χ4v) is 1.75. The van der Waals surface area contributed by atoms with Crippen LogP contribution in [0.2, 0.25) is 0 Å². The van der Waals surface area contributed by atoms with Gasteiger partial charge in [0.2, 0.25) is 0 Å². The Morgan fingerprint density at radius 3 is 2.74 bits per heavy atom. The van der Waals surface area contributed by atoms with Crippen molar-refractivity contribution in [1.29, 1.82) is 0 Å². The zero-order chi connectivity index (χ0) is 13.5. The second-order valence-electron chi connectivity index (χ2n) is 4.24. The molecule has 0 aromatic heterocycles. The number of benzene rings is 1. The fourth-order valence-electron chi connectivity index (χ4n) is 1.75. The summed E-state index contributed by atoms with van der Waals surface area (Å²) in [6.45, 7) is 3.53. The summed E-state index contributed by atoms with van der Waals surface area (Å²) < 4.78 is 5.13. The Labute approximate surface area is 114 Å². The van der Waals surface area contributed by atoms with Crippen molar-refractivity contribution in [1.82, 2.24) is 5.48 Å². The van der Waals surface area contributed by atoms with E-state index in [9.17, 15) is 0 Å². The Morgan fingerprint density at radius 1 is 1.42 bits per heavy atom. The maximum atomic E-state index is 5.13. The number of allylic oxidation sites excluding steroid dienone is 3. The number of hydroxylamine groups is 1. The van der Waals surface area contributed by atoms with Gasteiger partial charge in [-0.15, -0.1) is 0 Å². The average molecular weight is 260 g/mol. The van der Waals surface area contributed by atoms with Gasteiger partial charge in [0.25, 0.3) is 0 Å². The van der Waals surface area contributed by atoms with Crippen LogP contribution in [0.4, 0.5) is 5.69 Å². The molecule has 1 aliphatic rings. The van der Waals surface area contributed by atoms with Crippen LogP contribution in [0.5, 0.6) is 0 Å².